The van der Waals surface area contributed by atoms with Crippen LogP contribution in [0.15, 0.2) is 30.3 Å². The first-order valence-electron chi connectivity index (χ1n) is 6.90. The van der Waals surface area contributed by atoms with Crippen molar-refractivity contribution in [3.05, 3.63) is 35.9 Å². The molecule has 0 atom stereocenters. The molecule has 0 saturated carbocycles. The molecule has 104 valence electrons. The molecule has 1 fully saturated rings. The van der Waals surface area contributed by atoms with E-state index in [1.54, 1.807) is 12.1 Å². The maximum atomic E-state index is 11.2. The molecular weight excluding hydrogens is 252 g/mol. The minimum Gasteiger partial charge on any atom is -0.478 e. The van der Waals surface area contributed by atoms with Crippen molar-refractivity contribution in [1.29, 1.82) is 0 Å². The first-order valence-corrected chi connectivity index (χ1v) is 6.90. The maximum absolute atomic E-state index is 11.2. The summed E-state index contributed by atoms with van der Waals surface area (Å²) in [4.78, 5) is 18.2. The summed E-state index contributed by atoms with van der Waals surface area (Å²) in [6.45, 7) is 5.45. The molecule has 2 aromatic rings. The van der Waals surface area contributed by atoms with Crippen molar-refractivity contribution in [2.45, 2.75) is 32.2 Å². The monoisotopic (exact) mass is 270 g/mol. The number of hydrogen-bond donors (Lipinski definition) is 1. The summed E-state index contributed by atoms with van der Waals surface area (Å²) in [6.07, 6.45) is 2.32. The smallest absolute Gasteiger partial charge is 0.336 e. The number of benzene rings is 1. The zero-order valence-electron chi connectivity index (χ0n) is 11.8. The van der Waals surface area contributed by atoms with E-state index in [9.17, 15) is 9.90 Å². The van der Waals surface area contributed by atoms with Crippen molar-refractivity contribution < 1.29 is 9.90 Å². The summed E-state index contributed by atoms with van der Waals surface area (Å²) in [6, 6.07) is 9.04. The minimum absolute atomic E-state index is 0.116. The Morgan fingerprint density at radius 1 is 1.30 bits per heavy atom. The van der Waals surface area contributed by atoms with Gasteiger partial charge in [0, 0.05) is 17.5 Å². The molecule has 0 bridgehead atoms. The number of carboxylic acids is 1. The molecule has 0 amide bonds. The van der Waals surface area contributed by atoms with Gasteiger partial charge < -0.3 is 10.0 Å². The number of aromatic carboxylic acids is 1. The van der Waals surface area contributed by atoms with Crippen molar-refractivity contribution in [2.75, 3.05) is 11.4 Å². The van der Waals surface area contributed by atoms with Crippen LogP contribution in [-0.2, 0) is 0 Å². The molecule has 0 radical (unpaired) electrons. The van der Waals surface area contributed by atoms with Crippen molar-refractivity contribution in [1.82, 2.24) is 4.98 Å². The molecule has 4 nitrogen and oxygen atoms in total. The topological polar surface area (TPSA) is 53.4 Å². The average molecular weight is 270 g/mol. The van der Waals surface area contributed by atoms with Crippen LogP contribution in [0.1, 0.15) is 37.0 Å². The third kappa shape index (κ3) is 2.01. The summed E-state index contributed by atoms with van der Waals surface area (Å²) < 4.78 is 0. The van der Waals surface area contributed by atoms with Gasteiger partial charge in [-0.05, 0) is 51.0 Å². The standard InChI is InChI=1S/C16H18N2O2/c1-16(2)9-4-10-18(16)14-8-7-11-12(15(19)20)5-3-6-13(11)17-14/h3,5-8H,4,9-10H2,1-2H3,(H,19,20). The van der Waals surface area contributed by atoms with Crippen LogP contribution < -0.4 is 4.90 Å². The lowest BCUT2D eigenvalue weighted by Gasteiger charge is -2.32. The number of rotatable bonds is 2. The fourth-order valence-electron chi connectivity index (χ4n) is 3.01. The van der Waals surface area contributed by atoms with Gasteiger partial charge in [-0.15, -0.1) is 0 Å². The van der Waals surface area contributed by atoms with Gasteiger partial charge in [-0.25, -0.2) is 9.78 Å². The van der Waals surface area contributed by atoms with E-state index in [1.807, 2.05) is 18.2 Å². The number of aromatic nitrogens is 1. The lowest BCUT2D eigenvalue weighted by molar-refractivity contribution is 0.0699. The second-order valence-corrected chi connectivity index (χ2v) is 5.91. The number of hydrogen-bond acceptors (Lipinski definition) is 3. The van der Waals surface area contributed by atoms with Gasteiger partial charge >= 0.3 is 5.97 Å². The van der Waals surface area contributed by atoms with Crippen molar-refractivity contribution in [3.63, 3.8) is 0 Å². The van der Waals surface area contributed by atoms with Gasteiger partial charge in [0.1, 0.15) is 5.82 Å². The SMILES string of the molecule is CC1(C)CCCN1c1ccc2c(C(=O)O)cccc2n1. The second-order valence-electron chi connectivity index (χ2n) is 5.91. The molecule has 20 heavy (non-hydrogen) atoms. The van der Waals surface area contributed by atoms with E-state index in [1.165, 1.54) is 6.42 Å². The molecule has 0 unspecified atom stereocenters. The molecule has 4 heteroatoms. The highest BCUT2D eigenvalue weighted by Gasteiger charge is 2.32. The number of carbonyl (C=O) groups is 1. The highest BCUT2D eigenvalue weighted by molar-refractivity contribution is 6.02. The van der Waals surface area contributed by atoms with Gasteiger partial charge in [-0.1, -0.05) is 6.07 Å². The van der Waals surface area contributed by atoms with Gasteiger partial charge in [-0.2, -0.15) is 0 Å². The molecule has 0 spiro atoms. The molecule has 1 N–H and O–H groups in total. The first-order chi connectivity index (χ1) is 9.49. The fraction of sp³-hybridized carbons (Fsp3) is 0.375. The number of anilines is 1. The third-order valence-electron chi connectivity index (χ3n) is 4.13. The summed E-state index contributed by atoms with van der Waals surface area (Å²) >= 11 is 0. The van der Waals surface area contributed by atoms with Gasteiger partial charge in [-0.3, -0.25) is 0 Å². The zero-order valence-corrected chi connectivity index (χ0v) is 11.8. The lowest BCUT2D eigenvalue weighted by atomic mass is 10.0. The molecule has 1 saturated heterocycles. The van der Waals surface area contributed by atoms with Crippen molar-refractivity contribution in [2.24, 2.45) is 0 Å². The van der Waals surface area contributed by atoms with Gasteiger partial charge in [0.05, 0.1) is 11.1 Å². The van der Waals surface area contributed by atoms with Crippen LogP contribution in [0.4, 0.5) is 5.82 Å². The Morgan fingerprint density at radius 3 is 2.75 bits per heavy atom. The minimum atomic E-state index is -0.911. The summed E-state index contributed by atoms with van der Waals surface area (Å²) in [7, 11) is 0. The Bertz CT molecular complexity index is 679. The van der Waals surface area contributed by atoms with E-state index in [4.69, 9.17) is 0 Å². The number of carboxylic acid groups (broad SMARTS) is 1. The van der Waals surface area contributed by atoms with Crippen LogP contribution in [0, 0.1) is 0 Å². The largest absolute Gasteiger partial charge is 0.478 e. The average Bonchev–Trinajstić information content (AvgIpc) is 2.76. The third-order valence-corrected chi connectivity index (χ3v) is 4.13. The summed E-state index contributed by atoms with van der Waals surface area (Å²) in [5.74, 6) is 0.0224. The lowest BCUT2D eigenvalue weighted by Crippen LogP contribution is -2.38. The predicted octanol–water partition coefficient (Wildman–Crippen LogP) is 3.31. The Labute approximate surface area is 118 Å². The predicted molar refractivity (Wildman–Crippen MR) is 79.4 cm³/mol. The molecule has 3 rings (SSSR count). The Morgan fingerprint density at radius 2 is 2.10 bits per heavy atom. The molecule has 1 aliphatic heterocycles. The normalized spacial score (nSPS) is 17.6. The highest BCUT2D eigenvalue weighted by Crippen LogP contribution is 2.33. The van der Waals surface area contributed by atoms with E-state index >= 15 is 0 Å². The maximum Gasteiger partial charge on any atom is 0.336 e. The zero-order chi connectivity index (χ0) is 14.3. The Kier molecular flexibility index (Phi) is 2.89. The molecule has 2 heterocycles. The quantitative estimate of drug-likeness (QED) is 0.909. The van der Waals surface area contributed by atoms with Crippen LogP contribution in [0.3, 0.4) is 0 Å². The van der Waals surface area contributed by atoms with Gasteiger partial charge in [0.15, 0.2) is 0 Å². The van der Waals surface area contributed by atoms with Crippen LogP contribution in [0.25, 0.3) is 10.9 Å². The second kappa shape index (κ2) is 4.47. The van der Waals surface area contributed by atoms with Crippen molar-refractivity contribution >= 4 is 22.7 Å². The Balaban J connectivity index is 2.10. The van der Waals surface area contributed by atoms with Gasteiger partial charge in [0.25, 0.3) is 0 Å². The van der Waals surface area contributed by atoms with Crippen LogP contribution in [-0.4, -0.2) is 28.1 Å². The molecule has 1 aliphatic rings. The van der Waals surface area contributed by atoms with Crippen LogP contribution in [0.2, 0.25) is 0 Å². The van der Waals surface area contributed by atoms with Crippen LogP contribution in [0.5, 0.6) is 0 Å². The summed E-state index contributed by atoms with van der Waals surface area (Å²) in [5, 5.41) is 9.90. The van der Waals surface area contributed by atoms with E-state index < -0.39 is 5.97 Å². The van der Waals surface area contributed by atoms with E-state index in [0.29, 0.717) is 10.9 Å². The number of fused-ring (bicyclic) bond motifs is 1. The fourth-order valence-corrected chi connectivity index (χ4v) is 3.01. The number of pyridine rings is 1. The first kappa shape index (κ1) is 12.9. The van der Waals surface area contributed by atoms with Gasteiger partial charge in [0.2, 0.25) is 0 Å². The summed E-state index contributed by atoms with van der Waals surface area (Å²) in [5.41, 5.74) is 1.16. The molecule has 1 aromatic carbocycles. The molecular formula is C16H18N2O2. The molecule has 0 aliphatic carbocycles. The van der Waals surface area contributed by atoms with Crippen molar-refractivity contribution in [3.8, 4) is 0 Å². The van der Waals surface area contributed by atoms with E-state index in [0.717, 1.165) is 24.3 Å². The highest BCUT2D eigenvalue weighted by atomic mass is 16.4. The van der Waals surface area contributed by atoms with E-state index in [-0.39, 0.29) is 5.54 Å². The number of nitrogens with zero attached hydrogens (tertiary/aromatic N) is 2. The molecule has 1 aromatic heterocycles. The van der Waals surface area contributed by atoms with Crippen LogP contribution >= 0.6 is 0 Å². The van der Waals surface area contributed by atoms with E-state index in [2.05, 4.69) is 23.7 Å². The Hall–Kier alpha value is -2.10.